The Balaban J connectivity index is 1.90. The smallest absolute Gasteiger partial charge is 0.305 e. The number of esters is 2. The summed E-state index contributed by atoms with van der Waals surface area (Å²) in [7, 11) is 0. The van der Waals surface area contributed by atoms with Crippen LogP contribution in [0.5, 0.6) is 0 Å². The van der Waals surface area contributed by atoms with E-state index in [4.69, 9.17) is 9.47 Å². The van der Waals surface area contributed by atoms with Crippen LogP contribution in [0.15, 0.2) is 0 Å². The van der Waals surface area contributed by atoms with Gasteiger partial charge in [0.05, 0.1) is 13.2 Å². The quantitative estimate of drug-likeness (QED) is 0.382. The van der Waals surface area contributed by atoms with Crippen LogP contribution in [0.1, 0.15) is 90.4 Å². The van der Waals surface area contributed by atoms with E-state index in [2.05, 4.69) is 6.92 Å². The number of carbonyl (C=O) groups is 2. The molecule has 134 valence electrons. The molecule has 0 saturated heterocycles. The molecular weight excluding hydrogens is 292 g/mol. The van der Waals surface area contributed by atoms with Crippen molar-refractivity contribution in [2.45, 2.75) is 90.4 Å². The van der Waals surface area contributed by atoms with Gasteiger partial charge < -0.3 is 9.47 Å². The molecule has 0 aromatic heterocycles. The Morgan fingerprint density at radius 3 is 2.04 bits per heavy atom. The number of hydrogen-bond donors (Lipinski definition) is 0. The van der Waals surface area contributed by atoms with Crippen LogP contribution >= 0.6 is 0 Å². The second-order valence-corrected chi connectivity index (χ2v) is 6.65. The SMILES string of the molecule is CCCCCOC(=O)CCCCC(=O)OCCC1CCCCC1. The van der Waals surface area contributed by atoms with Crippen LogP contribution in [0.2, 0.25) is 0 Å². The van der Waals surface area contributed by atoms with Gasteiger partial charge in [0, 0.05) is 12.8 Å². The Morgan fingerprint density at radius 1 is 0.826 bits per heavy atom. The van der Waals surface area contributed by atoms with Crippen molar-refractivity contribution < 1.29 is 19.1 Å². The molecular formula is C19H34O4. The Bertz CT molecular complexity index is 321. The van der Waals surface area contributed by atoms with Crippen molar-refractivity contribution in [3.05, 3.63) is 0 Å². The summed E-state index contributed by atoms with van der Waals surface area (Å²) in [5.74, 6) is 0.475. The number of ether oxygens (including phenoxy) is 2. The maximum Gasteiger partial charge on any atom is 0.305 e. The summed E-state index contributed by atoms with van der Waals surface area (Å²) < 4.78 is 10.4. The fourth-order valence-corrected chi connectivity index (χ4v) is 3.04. The normalized spacial score (nSPS) is 15.3. The molecule has 1 rings (SSSR count). The standard InChI is InChI=1S/C19H34O4/c1-2-3-9-15-22-18(20)12-7-8-13-19(21)23-16-14-17-10-5-4-6-11-17/h17H,2-16H2,1H3. The lowest BCUT2D eigenvalue weighted by molar-refractivity contribution is -0.146. The lowest BCUT2D eigenvalue weighted by atomic mass is 9.87. The first-order chi connectivity index (χ1) is 11.2. The number of hydrogen-bond acceptors (Lipinski definition) is 4. The first kappa shape index (κ1) is 20.0. The van der Waals surface area contributed by atoms with Crippen molar-refractivity contribution >= 4 is 11.9 Å². The van der Waals surface area contributed by atoms with Gasteiger partial charge in [-0.3, -0.25) is 9.59 Å². The maximum atomic E-state index is 11.6. The van der Waals surface area contributed by atoms with Crippen molar-refractivity contribution in [3.8, 4) is 0 Å². The van der Waals surface area contributed by atoms with Gasteiger partial charge in [0.2, 0.25) is 0 Å². The third-order valence-corrected chi connectivity index (χ3v) is 4.54. The Hall–Kier alpha value is -1.06. The Morgan fingerprint density at radius 2 is 1.43 bits per heavy atom. The van der Waals surface area contributed by atoms with Gasteiger partial charge in [-0.25, -0.2) is 0 Å². The summed E-state index contributed by atoms with van der Waals surface area (Å²) in [6.45, 7) is 3.20. The summed E-state index contributed by atoms with van der Waals surface area (Å²) in [6, 6.07) is 0. The second kappa shape index (κ2) is 13.4. The second-order valence-electron chi connectivity index (χ2n) is 6.65. The summed E-state index contributed by atoms with van der Waals surface area (Å²) in [5, 5.41) is 0. The van der Waals surface area contributed by atoms with E-state index < -0.39 is 0 Å². The van der Waals surface area contributed by atoms with E-state index in [0.717, 1.165) is 31.6 Å². The summed E-state index contributed by atoms with van der Waals surface area (Å²) in [6.07, 6.45) is 13.0. The zero-order chi connectivity index (χ0) is 16.8. The van der Waals surface area contributed by atoms with E-state index >= 15 is 0 Å². The summed E-state index contributed by atoms with van der Waals surface area (Å²) in [5.41, 5.74) is 0. The molecule has 0 atom stereocenters. The van der Waals surface area contributed by atoms with E-state index in [1.54, 1.807) is 0 Å². The fraction of sp³-hybridized carbons (Fsp3) is 0.895. The van der Waals surface area contributed by atoms with Gasteiger partial charge in [-0.2, -0.15) is 0 Å². The first-order valence-corrected chi connectivity index (χ1v) is 9.53. The molecule has 1 aliphatic rings. The molecule has 0 N–H and O–H groups in total. The van der Waals surface area contributed by atoms with Crippen molar-refractivity contribution in [1.29, 1.82) is 0 Å². The van der Waals surface area contributed by atoms with Crippen molar-refractivity contribution in [2.24, 2.45) is 5.92 Å². The maximum absolute atomic E-state index is 11.6. The molecule has 1 saturated carbocycles. The molecule has 0 aromatic carbocycles. The van der Waals surface area contributed by atoms with Crippen LogP contribution in [0.4, 0.5) is 0 Å². The highest BCUT2D eigenvalue weighted by atomic mass is 16.5. The molecule has 0 spiro atoms. The van der Waals surface area contributed by atoms with Gasteiger partial charge in [-0.1, -0.05) is 51.9 Å². The third kappa shape index (κ3) is 11.2. The van der Waals surface area contributed by atoms with Crippen molar-refractivity contribution in [3.63, 3.8) is 0 Å². The lowest BCUT2D eigenvalue weighted by Gasteiger charge is -2.21. The van der Waals surface area contributed by atoms with Crippen molar-refractivity contribution in [2.75, 3.05) is 13.2 Å². The van der Waals surface area contributed by atoms with E-state index in [1.165, 1.54) is 32.1 Å². The minimum absolute atomic E-state index is 0.128. The minimum atomic E-state index is -0.147. The lowest BCUT2D eigenvalue weighted by Crippen LogP contribution is -2.12. The van der Waals surface area contributed by atoms with E-state index in [1.807, 2.05) is 0 Å². The minimum Gasteiger partial charge on any atom is -0.466 e. The van der Waals surface area contributed by atoms with Crippen LogP contribution < -0.4 is 0 Å². The van der Waals surface area contributed by atoms with Crippen LogP contribution in [-0.4, -0.2) is 25.2 Å². The number of carbonyl (C=O) groups excluding carboxylic acids is 2. The van der Waals surface area contributed by atoms with E-state index in [9.17, 15) is 9.59 Å². The third-order valence-electron chi connectivity index (χ3n) is 4.54. The molecule has 0 aromatic rings. The van der Waals surface area contributed by atoms with Crippen LogP contribution in [0, 0.1) is 5.92 Å². The van der Waals surface area contributed by atoms with Gasteiger partial charge in [0.15, 0.2) is 0 Å². The highest BCUT2D eigenvalue weighted by molar-refractivity contribution is 5.70. The highest BCUT2D eigenvalue weighted by Crippen LogP contribution is 2.26. The molecule has 4 nitrogen and oxygen atoms in total. The van der Waals surface area contributed by atoms with Gasteiger partial charge >= 0.3 is 11.9 Å². The van der Waals surface area contributed by atoms with E-state index in [-0.39, 0.29) is 11.9 Å². The van der Waals surface area contributed by atoms with Crippen LogP contribution in [-0.2, 0) is 19.1 Å². The fourth-order valence-electron chi connectivity index (χ4n) is 3.04. The molecule has 1 aliphatic carbocycles. The van der Waals surface area contributed by atoms with Gasteiger partial charge in [-0.05, 0) is 31.6 Å². The average molecular weight is 326 g/mol. The largest absolute Gasteiger partial charge is 0.466 e. The summed E-state index contributed by atoms with van der Waals surface area (Å²) in [4.78, 5) is 23.1. The van der Waals surface area contributed by atoms with Crippen LogP contribution in [0.25, 0.3) is 0 Å². The topological polar surface area (TPSA) is 52.6 Å². The van der Waals surface area contributed by atoms with Crippen LogP contribution in [0.3, 0.4) is 0 Å². The molecule has 0 radical (unpaired) electrons. The molecule has 0 amide bonds. The van der Waals surface area contributed by atoms with Crippen molar-refractivity contribution in [1.82, 2.24) is 0 Å². The Kier molecular flexibility index (Phi) is 11.6. The predicted molar refractivity (Wildman–Crippen MR) is 91.1 cm³/mol. The van der Waals surface area contributed by atoms with Gasteiger partial charge in [0.25, 0.3) is 0 Å². The monoisotopic (exact) mass is 326 g/mol. The molecule has 4 heteroatoms. The molecule has 23 heavy (non-hydrogen) atoms. The zero-order valence-electron chi connectivity index (χ0n) is 14.8. The molecule has 0 bridgehead atoms. The van der Waals surface area contributed by atoms with Gasteiger partial charge in [0.1, 0.15) is 0 Å². The average Bonchev–Trinajstić information content (AvgIpc) is 2.57. The molecule has 0 heterocycles. The molecule has 0 aliphatic heterocycles. The Labute approximate surface area is 141 Å². The molecule has 1 fully saturated rings. The number of unbranched alkanes of at least 4 members (excludes halogenated alkanes) is 3. The first-order valence-electron chi connectivity index (χ1n) is 9.53. The molecule has 0 unspecified atom stereocenters. The van der Waals surface area contributed by atoms with Gasteiger partial charge in [-0.15, -0.1) is 0 Å². The number of rotatable bonds is 12. The zero-order valence-corrected chi connectivity index (χ0v) is 14.8. The summed E-state index contributed by atoms with van der Waals surface area (Å²) >= 11 is 0. The highest BCUT2D eigenvalue weighted by Gasteiger charge is 2.14. The predicted octanol–water partition coefficient (Wildman–Crippen LogP) is 4.79. The van der Waals surface area contributed by atoms with E-state index in [0.29, 0.717) is 38.9 Å².